The van der Waals surface area contributed by atoms with Crippen LogP contribution in [0.2, 0.25) is 0 Å². The third kappa shape index (κ3) is 1.48. The van der Waals surface area contributed by atoms with Crippen LogP contribution in [0.1, 0.15) is 32.1 Å². The molecule has 11 heavy (non-hydrogen) atoms. The zero-order chi connectivity index (χ0) is 7.68. The summed E-state index contributed by atoms with van der Waals surface area (Å²) in [6, 6.07) is 1.45. The first-order valence-electron chi connectivity index (χ1n) is 4.80. The van der Waals surface area contributed by atoms with Crippen molar-refractivity contribution in [2.24, 2.45) is 5.92 Å². The van der Waals surface area contributed by atoms with Crippen LogP contribution in [0.4, 0.5) is 0 Å². The molecule has 1 saturated carbocycles. The van der Waals surface area contributed by atoms with Crippen molar-refractivity contribution in [3.05, 3.63) is 12.7 Å². The highest BCUT2D eigenvalue weighted by atomic mass is 15.1. The molecule has 0 spiro atoms. The van der Waals surface area contributed by atoms with Gasteiger partial charge in [-0.3, -0.25) is 0 Å². The largest absolute Gasteiger partial charge is 0.304 e. The van der Waals surface area contributed by atoms with Gasteiger partial charge in [-0.2, -0.15) is 0 Å². The third-order valence-corrected chi connectivity index (χ3v) is 3.07. The first-order valence-corrected chi connectivity index (χ1v) is 4.80. The van der Waals surface area contributed by atoms with Crippen LogP contribution in [0.15, 0.2) is 12.7 Å². The van der Waals surface area contributed by atoms with Crippen LogP contribution in [0.5, 0.6) is 0 Å². The minimum Gasteiger partial charge on any atom is -0.304 e. The van der Waals surface area contributed by atoms with Gasteiger partial charge in [0.25, 0.3) is 0 Å². The van der Waals surface area contributed by atoms with Gasteiger partial charge in [0.1, 0.15) is 0 Å². The number of hydrogen-bond acceptors (Lipinski definition) is 1. The molecule has 2 atom stereocenters. The minimum atomic E-state index is 0.651. The summed E-state index contributed by atoms with van der Waals surface area (Å²) >= 11 is 0. The van der Waals surface area contributed by atoms with Gasteiger partial charge in [0.2, 0.25) is 0 Å². The Morgan fingerprint density at radius 1 is 1.18 bits per heavy atom. The van der Waals surface area contributed by atoms with E-state index in [1.807, 2.05) is 0 Å². The maximum Gasteiger partial charge on any atom is 0.0408 e. The van der Waals surface area contributed by atoms with Crippen LogP contribution < -0.4 is 5.32 Å². The van der Waals surface area contributed by atoms with E-state index in [1.165, 1.54) is 32.1 Å². The standard InChI is InChI=1S/C10H17N/c1-2-9-10(11-9)8-6-4-3-5-7-8/h2,8-11H,1,3-7H2/t9-,10-/m0/s1. The zero-order valence-corrected chi connectivity index (χ0v) is 7.05. The number of nitrogens with one attached hydrogen (secondary N) is 1. The quantitative estimate of drug-likeness (QED) is 0.474. The molecule has 0 amide bonds. The van der Waals surface area contributed by atoms with E-state index in [0.717, 1.165) is 12.0 Å². The topological polar surface area (TPSA) is 21.9 Å². The third-order valence-electron chi connectivity index (χ3n) is 3.07. The molecule has 0 bridgehead atoms. The van der Waals surface area contributed by atoms with Crippen molar-refractivity contribution in [2.45, 2.75) is 44.2 Å². The highest BCUT2D eigenvalue weighted by molar-refractivity contribution is 5.11. The zero-order valence-electron chi connectivity index (χ0n) is 7.05. The van der Waals surface area contributed by atoms with E-state index in [-0.39, 0.29) is 0 Å². The molecule has 0 aromatic carbocycles. The van der Waals surface area contributed by atoms with E-state index >= 15 is 0 Å². The van der Waals surface area contributed by atoms with Gasteiger partial charge in [0, 0.05) is 12.1 Å². The van der Waals surface area contributed by atoms with Gasteiger partial charge in [-0.25, -0.2) is 0 Å². The summed E-state index contributed by atoms with van der Waals surface area (Å²) in [6.45, 7) is 3.81. The van der Waals surface area contributed by atoms with E-state index in [2.05, 4.69) is 18.0 Å². The van der Waals surface area contributed by atoms with Gasteiger partial charge in [-0.15, -0.1) is 6.58 Å². The summed E-state index contributed by atoms with van der Waals surface area (Å²) in [7, 11) is 0. The fourth-order valence-electron chi connectivity index (χ4n) is 2.30. The lowest BCUT2D eigenvalue weighted by Gasteiger charge is -2.20. The predicted molar refractivity (Wildman–Crippen MR) is 47.5 cm³/mol. The Hall–Kier alpha value is -0.300. The average molecular weight is 151 g/mol. The number of rotatable bonds is 2. The summed E-state index contributed by atoms with van der Waals surface area (Å²) in [5.74, 6) is 0.965. The molecule has 1 aliphatic heterocycles. The molecule has 2 aliphatic rings. The molecule has 1 N–H and O–H groups in total. The minimum absolute atomic E-state index is 0.651. The Balaban J connectivity index is 1.81. The first kappa shape index (κ1) is 7.35. The van der Waals surface area contributed by atoms with Crippen molar-refractivity contribution in [1.82, 2.24) is 5.32 Å². The molecule has 0 unspecified atom stereocenters. The SMILES string of the molecule is C=C[C@@H]1N[C@H]1C1CCCCC1. The molecule has 1 aliphatic carbocycles. The highest BCUT2D eigenvalue weighted by Gasteiger charge is 2.39. The molecule has 2 rings (SSSR count). The van der Waals surface area contributed by atoms with Crippen molar-refractivity contribution in [2.75, 3.05) is 0 Å². The van der Waals surface area contributed by atoms with Gasteiger partial charge in [0.15, 0.2) is 0 Å². The second-order valence-corrected chi connectivity index (χ2v) is 3.85. The Labute approximate surface area is 68.9 Å². The summed E-state index contributed by atoms with van der Waals surface area (Å²) in [5.41, 5.74) is 0. The molecule has 0 radical (unpaired) electrons. The fraction of sp³-hybridized carbons (Fsp3) is 0.800. The van der Waals surface area contributed by atoms with E-state index < -0.39 is 0 Å². The lowest BCUT2D eigenvalue weighted by atomic mass is 9.86. The average Bonchev–Trinajstić information content (AvgIpc) is 2.85. The maximum absolute atomic E-state index is 3.81. The Kier molecular flexibility index (Phi) is 1.99. The normalized spacial score (nSPS) is 38.5. The van der Waals surface area contributed by atoms with Crippen LogP contribution in [-0.2, 0) is 0 Å². The smallest absolute Gasteiger partial charge is 0.0408 e. The molecule has 1 nitrogen and oxygen atoms in total. The maximum atomic E-state index is 3.81. The second-order valence-electron chi connectivity index (χ2n) is 3.85. The van der Waals surface area contributed by atoms with E-state index in [9.17, 15) is 0 Å². The van der Waals surface area contributed by atoms with Gasteiger partial charge in [-0.05, 0) is 18.8 Å². The van der Waals surface area contributed by atoms with Crippen LogP contribution in [0.25, 0.3) is 0 Å². The van der Waals surface area contributed by atoms with Crippen LogP contribution >= 0.6 is 0 Å². The van der Waals surface area contributed by atoms with Crippen molar-refractivity contribution in [1.29, 1.82) is 0 Å². The van der Waals surface area contributed by atoms with Crippen molar-refractivity contribution in [3.8, 4) is 0 Å². The van der Waals surface area contributed by atoms with Gasteiger partial charge in [-0.1, -0.05) is 25.3 Å². The van der Waals surface area contributed by atoms with Crippen LogP contribution in [0, 0.1) is 5.92 Å². The fourth-order valence-corrected chi connectivity index (χ4v) is 2.30. The predicted octanol–water partition coefficient (Wildman–Crippen LogP) is 2.09. The molecule has 1 heterocycles. The monoisotopic (exact) mass is 151 g/mol. The van der Waals surface area contributed by atoms with Crippen molar-refractivity contribution in [3.63, 3.8) is 0 Å². The van der Waals surface area contributed by atoms with Crippen LogP contribution in [0.3, 0.4) is 0 Å². The molecule has 0 aromatic heterocycles. The van der Waals surface area contributed by atoms with E-state index in [4.69, 9.17) is 0 Å². The lowest BCUT2D eigenvalue weighted by molar-refractivity contribution is 0.350. The molecule has 0 aromatic rings. The van der Waals surface area contributed by atoms with Gasteiger partial charge < -0.3 is 5.32 Å². The van der Waals surface area contributed by atoms with Crippen molar-refractivity contribution < 1.29 is 0 Å². The van der Waals surface area contributed by atoms with Gasteiger partial charge in [0.05, 0.1) is 0 Å². The van der Waals surface area contributed by atoms with Gasteiger partial charge >= 0.3 is 0 Å². The molecular formula is C10H17N. The summed E-state index contributed by atoms with van der Waals surface area (Å²) in [6.07, 6.45) is 9.31. The van der Waals surface area contributed by atoms with Crippen molar-refractivity contribution >= 4 is 0 Å². The Morgan fingerprint density at radius 2 is 1.91 bits per heavy atom. The Morgan fingerprint density at radius 3 is 2.45 bits per heavy atom. The lowest BCUT2D eigenvalue weighted by Crippen LogP contribution is -2.15. The molecule has 2 fully saturated rings. The van der Waals surface area contributed by atoms with E-state index in [1.54, 1.807) is 0 Å². The molecule has 1 heteroatoms. The molecule has 62 valence electrons. The highest BCUT2D eigenvalue weighted by Crippen LogP contribution is 2.33. The number of hydrogen-bond donors (Lipinski definition) is 1. The van der Waals surface area contributed by atoms with E-state index in [0.29, 0.717) is 6.04 Å². The summed E-state index contributed by atoms with van der Waals surface area (Å²) in [4.78, 5) is 0. The first-order chi connectivity index (χ1) is 5.42. The summed E-state index contributed by atoms with van der Waals surface area (Å²) < 4.78 is 0. The second kappa shape index (κ2) is 2.98. The molecular weight excluding hydrogens is 134 g/mol. The molecule has 1 saturated heterocycles. The van der Waals surface area contributed by atoms with Crippen LogP contribution in [-0.4, -0.2) is 12.1 Å². The Bertz CT molecular complexity index is 147. The summed E-state index contributed by atoms with van der Waals surface area (Å²) in [5, 5.41) is 3.47.